The average Bonchev–Trinajstić information content (AvgIpc) is 2.92. The molecular formula is C20H18ClNO3S2. The SMILES string of the molecule is Cc1ccc(OCCOc2ccc(Cl)cc2C=C2SC(=S)NC2=O)c(C)c1. The number of ether oxygens (including phenoxy) is 2. The highest BCUT2D eigenvalue weighted by Crippen LogP contribution is 2.31. The zero-order valence-electron chi connectivity index (χ0n) is 14.9. The van der Waals surface area contributed by atoms with E-state index in [0.717, 1.165) is 16.9 Å². The molecule has 0 saturated carbocycles. The van der Waals surface area contributed by atoms with Crippen LogP contribution >= 0.6 is 35.6 Å². The van der Waals surface area contributed by atoms with Crippen LogP contribution in [0.5, 0.6) is 11.5 Å². The zero-order valence-corrected chi connectivity index (χ0v) is 17.3. The Morgan fingerprint density at radius 3 is 2.48 bits per heavy atom. The number of hydrogen-bond donors (Lipinski definition) is 1. The highest BCUT2D eigenvalue weighted by Gasteiger charge is 2.22. The van der Waals surface area contributed by atoms with Crippen molar-refractivity contribution in [2.45, 2.75) is 13.8 Å². The number of carbonyl (C=O) groups is 1. The van der Waals surface area contributed by atoms with E-state index >= 15 is 0 Å². The fraction of sp³-hybridized carbons (Fsp3) is 0.200. The predicted molar refractivity (Wildman–Crippen MR) is 115 cm³/mol. The van der Waals surface area contributed by atoms with Crippen molar-refractivity contribution in [1.82, 2.24) is 5.32 Å². The summed E-state index contributed by atoms with van der Waals surface area (Å²) in [6.45, 7) is 4.83. The van der Waals surface area contributed by atoms with Gasteiger partial charge >= 0.3 is 0 Å². The van der Waals surface area contributed by atoms with Gasteiger partial charge in [-0.05, 0) is 49.8 Å². The normalized spacial score (nSPS) is 15.1. The van der Waals surface area contributed by atoms with Gasteiger partial charge in [0.05, 0.1) is 4.91 Å². The van der Waals surface area contributed by atoms with Gasteiger partial charge in [0.15, 0.2) is 0 Å². The van der Waals surface area contributed by atoms with E-state index in [1.54, 1.807) is 24.3 Å². The van der Waals surface area contributed by atoms with Crippen LogP contribution < -0.4 is 14.8 Å². The number of thioether (sulfide) groups is 1. The summed E-state index contributed by atoms with van der Waals surface area (Å²) in [4.78, 5) is 12.4. The highest BCUT2D eigenvalue weighted by atomic mass is 35.5. The third-order valence-corrected chi connectivity index (χ3v) is 5.23. The van der Waals surface area contributed by atoms with Crippen molar-refractivity contribution in [3.05, 3.63) is 63.0 Å². The van der Waals surface area contributed by atoms with Crippen LogP contribution in [0.1, 0.15) is 16.7 Å². The molecule has 0 radical (unpaired) electrons. The van der Waals surface area contributed by atoms with Gasteiger partial charge in [0.1, 0.15) is 29.0 Å². The Labute approximate surface area is 172 Å². The molecule has 1 aliphatic heterocycles. The summed E-state index contributed by atoms with van der Waals surface area (Å²) in [5.74, 6) is 1.26. The largest absolute Gasteiger partial charge is 0.490 e. The molecule has 1 heterocycles. The number of amides is 1. The number of rotatable bonds is 6. The molecule has 0 aliphatic carbocycles. The van der Waals surface area contributed by atoms with E-state index in [0.29, 0.717) is 33.2 Å². The van der Waals surface area contributed by atoms with E-state index in [2.05, 4.69) is 11.4 Å². The molecule has 1 aliphatic rings. The minimum Gasteiger partial charge on any atom is -0.490 e. The van der Waals surface area contributed by atoms with Crippen molar-refractivity contribution in [1.29, 1.82) is 0 Å². The van der Waals surface area contributed by atoms with Gasteiger partial charge in [-0.1, -0.05) is 53.3 Å². The molecule has 0 spiro atoms. The highest BCUT2D eigenvalue weighted by molar-refractivity contribution is 8.26. The maximum absolute atomic E-state index is 11.9. The molecule has 0 unspecified atom stereocenters. The lowest BCUT2D eigenvalue weighted by molar-refractivity contribution is -0.115. The quantitative estimate of drug-likeness (QED) is 0.410. The molecule has 0 aromatic heterocycles. The number of hydrogen-bond acceptors (Lipinski definition) is 5. The van der Waals surface area contributed by atoms with E-state index in [9.17, 15) is 4.79 Å². The molecule has 1 fully saturated rings. The number of thiocarbonyl (C=S) groups is 1. The van der Waals surface area contributed by atoms with Crippen molar-refractivity contribution < 1.29 is 14.3 Å². The van der Waals surface area contributed by atoms with Gasteiger partial charge < -0.3 is 14.8 Å². The third kappa shape index (κ3) is 5.25. The summed E-state index contributed by atoms with van der Waals surface area (Å²) in [6, 6.07) is 11.3. The summed E-state index contributed by atoms with van der Waals surface area (Å²) in [5, 5.41) is 3.16. The molecule has 7 heteroatoms. The number of benzene rings is 2. The Kier molecular flexibility index (Phi) is 6.42. The number of nitrogens with one attached hydrogen (secondary N) is 1. The van der Waals surface area contributed by atoms with Crippen LogP contribution in [-0.2, 0) is 4.79 Å². The van der Waals surface area contributed by atoms with Crippen molar-refractivity contribution in [2.24, 2.45) is 0 Å². The second kappa shape index (κ2) is 8.78. The Bertz CT molecular complexity index is 927. The molecule has 1 amide bonds. The molecule has 1 N–H and O–H groups in total. The molecule has 4 nitrogen and oxygen atoms in total. The van der Waals surface area contributed by atoms with E-state index < -0.39 is 0 Å². The van der Waals surface area contributed by atoms with Crippen LogP contribution in [-0.4, -0.2) is 23.4 Å². The first-order chi connectivity index (χ1) is 12.9. The van der Waals surface area contributed by atoms with Crippen LogP contribution in [0.3, 0.4) is 0 Å². The van der Waals surface area contributed by atoms with Gasteiger partial charge in [-0.3, -0.25) is 4.79 Å². The Morgan fingerprint density at radius 1 is 1.11 bits per heavy atom. The second-order valence-corrected chi connectivity index (χ2v) is 8.16. The van der Waals surface area contributed by atoms with Crippen LogP contribution in [0.4, 0.5) is 0 Å². The first kappa shape index (κ1) is 19.7. The van der Waals surface area contributed by atoms with Gasteiger partial charge in [-0.25, -0.2) is 0 Å². The Balaban J connectivity index is 1.66. The summed E-state index contributed by atoms with van der Waals surface area (Å²) < 4.78 is 12.1. The van der Waals surface area contributed by atoms with Crippen molar-refractivity contribution in [2.75, 3.05) is 13.2 Å². The number of halogens is 1. The molecule has 2 aromatic rings. The number of carbonyl (C=O) groups excluding carboxylic acids is 1. The smallest absolute Gasteiger partial charge is 0.263 e. The summed E-state index contributed by atoms with van der Waals surface area (Å²) in [7, 11) is 0. The lowest BCUT2D eigenvalue weighted by Gasteiger charge is -2.12. The molecule has 0 atom stereocenters. The molecule has 3 rings (SSSR count). The van der Waals surface area contributed by atoms with Crippen LogP contribution in [0.25, 0.3) is 6.08 Å². The van der Waals surface area contributed by atoms with Crippen molar-refractivity contribution in [3.8, 4) is 11.5 Å². The molecule has 2 aromatic carbocycles. The predicted octanol–water partition coefficient (Wildman–Crippen LogP) is 4.90. The average molecular weight is 420 g/mol. The third-order valence-electron chi connectivity index (χ3n) is 3.83. The van der Waals surface area contributed by atoms with Crippen LogP contribution in [0, 0.1) is 13.8 Å². The fourth-order valence-corrected chi connectivity index (χ4v) is 3.81. The molecule has 1 saturated heterocycles. The van der Waals surface area contributed by atoms with E-state index in [1.165, 1.54) is 17.3 Å². The van der Waals surface area contributed by atoms with Crippen molar-refractivity contribution in [3.63, 3.8) is 0 Å². The van der Waals surface area contributed by atoms with Gasteiger partial charge in [0, 0.05) is 10.6 Å². The summed E-state index contributed by atoms with van der Waals surface area (Å²) in [6.07, 6.45) is 1.73. The Morgan fingerprint density at radius 2 is 1.81 bits per heavy atom. The van der Waals surface area contributed by atoms with E-state index in [1.807, 2.05) is 26.0 Å². The van der Waals surface area contributed by atoms with Gasteiger partial charge in [-0.15, -0.1) is 0 Å². The summed E-state index contributed by atoms with van der Waals surface area (Å²) >= 11 is 12.3. The second-order valence-electron chi connectivity index (χ2n) is 6.00. The lowest BCUT2D eigenvalue weighted by Crippen LogP contribution is -2.17. The van der Waals surface area contributed by atoms with Gasteiger partial charge in [0.25, 0.3) is 5.91 Å². The first-order valence-electron chi connectivity index (χ1n) is 8.29. The van der Waals surface area contributed by atoms with Crippen LogP contribution in [0.2, 0.25) is 5.02 Å². The maximum Gasteiger partial charge on any atom is 0.263 e. The monoisotopic (exact) mass is 419 g/mol. The molecule has 0 bridgehead atoms. The van der Waals surface area contributed by atoms with Gasteiger partial charge in [-0.2, -0.15) is 0 Å². The minimum absolute atomic E-state index is 0.214. The van der Waals surface area contributed by atoms with E-state index in [4.69, 9.17) is 33.3 Å². The minimum atomic E-state index is -0.214. The van der Waals surface area contributed by atoms with Crippen LogP contribution in [0.15, 0.2) is 41.3 Å². The zero-order chi connectivity index (χ0) is 19.4. The summed E-state index contributed by atoms with van der Waals surface area (Å²) in [5.41, 5.74) is 3.01. The standard InChI is InChI=1S/C20H18ClNO3S2/c1-12-3-5-16(13(2)9-12)24-7-8-25-17-6-4-15(21)10-14(17)11-18-19(23)22-20(26)27-18/h3-6,9-11H,7-8H2,1-2H3,(H,22,23,26). The van der Waals surface area contributed by atoms with Crippen molar-refractivity contribution >= 4 is 51.9 Å². The molecular weight excluding hydrogens is 402 g/mol. The molecule has 27 heavy (non-hydrogen) atoms. The maximum atomic E-state index is 11.9. The number of aryl methyl sites for hydroxylation is 2. The lowest BCUT2D eigenvalue weighted by atomic mass is 10.1. The fourth-order valence-electron chi connectivity index (χ4n) is 2.59. The van der Waals surface area contributed by atoms with Gasteiger partial charge in [0.2, 0.25) is 0 Å². The van der Waals surface area contributed by atoms with E-state index in [-0.39, 0.29) is 5.91 Å². The topological polar surface area (TPSA) is 47.6 Å². The Hall–Kier alpha value is -2.02. The molecule has 140 valence electrons. The first-order valence-corrected chi connectivity index (χ1v) is 9.90.